The molecule has 0 bridgehead atoms. The monoisotopic (exact) mass is 275 g/mol. The summed E-state index contributed by atoms with van der Waals surface area (Å²) in [4.78, 5) is 16.3. The molecule has 0 radical (unpaired) electrons. The number of likely N-dealkylation sites (N-methyl/N-ethyl adjacent to an activating group) is 1. The molecule has 2 saturated heterocycles. The molecule has 1 amide bonds. The molecule has 0 aliphatic carbocycles. The smallest absolute Gasteiger partial charge is 0.227 e. The highest BCUT2D eigenvalue weighted by molar-refractivity contribution is 7.91. The lowest BCUT2D eigenvalue weighted by Gasteiger charge is -2.40. The first-order valence-corrected chi connectivity index (χ1v) is 8.14. The van der Waals surface area contributed by atoms with Gasteiger partial charge in [-0.3, -0.25) is 4.79 Å². The van der Waals surface area contributed by atoms with Crippen LogP contribution in [0, 0.1) is 5.92 Å². The number of carbonyl (C=O) groups is 1. The number of nitrogens with zero attached hydrogens (tertiary/aromatic N) is 2. The van der Waals surface area contributed by atoms with Crippen molar-refractivity contribution in [2.24, 2.45) is 11.7 Å². The van der Waals surface area contributed by atoms with Crippen molar-refractivity contribution in [1.82, 2.24) is 9.80 Å². The number of amides is 1. The van der Waals surface area contributed by atoms with Crippen molar-refractivity contribution >= 4 is 15.7 Å². The lowest BCUT2D eigenvalue weighted by atomic mass is 10.0. The fraction of sp³-hybridized carbons (Fsp3) is 0.909. The van der Waals surface area contributed by atoms with Gasteiger partial charge in [-0.25, -0.2) is 8.42 Å². The molecule has 2 aliphatic heterocycles. The number of carbonyl (C=O) groups excluding carboxylic acids is 1. The second kappa shape index (κ2) is 5.14. The summed E-state index contributed by atoms with van der Waals surface area (Å²) in [5, 5.41) is 0. The Hall–Kier alpha value is -0.660. The Balaban J connectivity index is 2.04. The van der Waals surface area contributed by atoms with Crippen LogP contribution in [0.4, 0.5) is 0 Å². The molecule has 2 aliphatic rings. The minimum Gasteiger partial charge on any atom is -0.336 e. The number of rotatable bonds is 2. The van der Waals surface area contributed by atoms with Crippen molar-refractivity contribution in [1.29, 1.82) is 0 Å². The summed E-state index contributed by atoms with van der Waals surface area (Å²) in [6.45, 7) is 2.66. The van der Waals surface area contributed by atoms with E-state index in [1.807, 2.05) is 7.05 Å². The zero-order chi connectivity index (χ0) is 13.3. The summed E-state index contributed by atoms with van der Waals surface area (Å²) in [6, 6.07) is 0.0135. The molecule has 2 rings (SSSR count). The third-order valence-electron chi connectivity index (χ3n) is 3.82. The first-order chi connectivity index (χ1) is 8.43. The van der Waals surface area contributed by atoms with E-state index in [4.69, 9.17) is 5.73 Å². The predicted octanol–water partition coefficient (Wildman–Crippen LogP) is -1.48. The van der Waals surface area contributed by atoms with Crippen molar-refractivity contribution in [3.8, 4) is 0 Å². The number of piperazine rings is 1. The average Bonchev–Trinajstić information content (AvgIpc) is 2.68. The topological polar surface area (TPSA) is 83.7 Å². The molecule has 0 spiro atoms. The normalized spacial score (nSPS) is 32.7. The van der Waals surface area contributed by atoms with E-state index >= 15 is 0 Å². The van der Waals surface area contributed by atoms with Crippen LogP contribution in [0.5, 0.6) is 0 Å². The van der Waals surface area contributed by atoms with E-state index < -0.39 is 9.84 Å². The number of sulfone groups is 1. The lowest BCUT2D eigenvalue weighted by molar-refractivity contribution is -0.139. The predicted molar refractivity (Wildman–Crippen MR) is 68.8 cm³/mol. The molecule has 2 fully saturated rings. The van der Waals surface area contributed by atoms with Crippen LogP contribution in [0.15, 0.2) is 0 Å². The average molecular weight is 275 g/mol. The number of nitrogens with two attached hydrogens (primary N) is 1. The summed E-state index contributed by atoms with van der Waals surface area (Å²) in [6.07, 6.45) is 0.463. The molecule has 2 heterocycles. The minimum absolute atomic E-state index is 0.00939. The molecular weight excluding hydrogens is 254 g/mol. The second-order valence-electron chi connectivity index (χ2n) is 5.28. The zero-order valence-electron chi connectivity index (χ0n) is 10.7. The summed E-state index contributed by atoms with van der Waals surface area (Å²) in [5.74, 6) is -0.230. The van der Waals surface area contributed by atoms with Gasteiger partial charge in [0.1, 0.15) is 0 Å². The van der Waals surface area contributed by atoms with E-state index in [0.717, 1.165) is 13.1 Å². The maximum Gasteiger partial charge on any atom is 0.227 e. The quantitative estimate of drug-likeness (QED) is 0.664. The van der Waals surface area contributed by atoms with Crippen molar-refractivity contribution in [2.45, 2.75) is 12.5 Å². The number of hydrogen-bond donors (Lipinski definition) is 1. The fourth-order valence-electron chi connectivity index (χ4n) is 2.73. The highest BCUT2D eigenvalue weighted by Gasteiger charge is 2.38. The third-order valence-corrected chi connectivity index (χ3v) is 5.59. The lowest BCUT2D eigenvalue weighted by Crippen LogP contribution is -2.58. The minimum atomic E-state index is -3.00. The van der Waals surface area contributed by atoms with Gasteiger partial charge in [0.05, 0.1) is 23.5 Å². The molecule has 0 aromatic carbocycles. The Bertz CT molecular complexity index is 423. The fourth-order valence-corrected chi connectivity index (χ4v) is 4.46. The summed E-state index contributed by atoms with van der Waals surface area (Å²) in [7, 11) is -0.999. The Morgan fingerprint density at radius 1 is 1.39 bits per heavy atom. The van der Waals surface area contributed by atoms with Crippen LogP contribution in [0.25, 0.3) is 0 Å². The van der Waals surface area contributed by atoms with Gasteiger partial charge >= 0.3 is 0 Å². The Labute approximate surface area is 108 Å². The van der Waals surface area contributed by atoms with Crippen LogP contribution in [0.2, 0.25) is 0 Å². The molecule has 0 saturated carbocycles. The molecule has 0 aromatic rings. The van der Waals surface area contributed by atoms with Gasteiger partial charge in [0.25, 0.3) is 0 Å². The SMILES string of the molecule is CN1CCN(C(=O)C2CCS(=O)(=O)C2)C(CN)C1. The Morgan fingerprint density at radius 3 is 2.67 bits per heavy atom. The summed E-state index contributed by atoms with van der Waals surface area (Å²) in [5.41, 5.74) is 5.71. The first kappa shape index (κ1) is 13.8. The van der Waals surface area contributed by atoms with Gasteiger partial charge in [0, 0.05) is 26.2 Å². The number of hydrogen-bond acceptors (Lipinski definition) is 5. The van der Waals surface area contributed by atoms with Gasteiger partial charge in [-0.1, -0.05) is 0 Å². The van der Waals surface area contributed by atoms with E-state index in [-0.39, 0.29) is 29.4 Å². The van der Waals surface area contributed by atoms with Crippen LogP contribution in [-0.2, 0) is 14.6 Å². The van der Waals surface area contributed by atoms with E-state index in [9.17, 15) is 13.2 Å². The molecule has 2 unspecified atom stereocenters. The molecule has 104 valence electrons. The summed E-state index contributed by atoms with van der Waals surface area (Å²) < 4.78 is 22.9. The third kappa shape index (κ3) is 2.84. The zero-order valence-corrected chi connectivity index (χ0v) is 11.5. The largest absolute Gasteiger partial charge is 0.336 e. The van der Waals surface area contributed by atoms with Crippen LogP contribution < -0.4 is 5.73 Å². The first-order valence-electron chi connectivity index (χ1n) is 6.32. The van der Waals surface area contributed by atoms with Crippen molar-refractivity contribution in [2.75, 3.05) is 44.7 Å². The van der Waals surface area contributed by atoms with Crippen LogP contribution >= 0.6 is 0 Å². The van der Waals surface area contributed by atoms with Crippen molar-refractivity contribution in [3.05, 3.63) is 0 Å². The van der Waals surface area contributed by atoms with Crippen molar-refractivity contribution < 1.29 is 13.2 Å². The van der Waals surface area contributed by atoms with Crippen LogP contribution in [0.3, 0.4) is 0 Å². The molecular formula is C11H21N3O3S. The maximum atomic E-state index is 12.4. The van der Waals surface area contributed by atoms with E-state index in [1.165, 1.54) is 0 Å². The highest BCUT2D eigenvalue weighted by atomic mass is 32.2. The van der Waals surface area contributed by atoms with Crippen LogP contribution in [0.1, 0.15) is 6.42 Å². The molecule has 18 heavy (non-hydrogen) atoms. The molecule has 2 N–H and O–H groups in total. The van der Waals surface area contributed by atoms with E-state index in [2.05, 4.69) is 4.90 Å². The Kier molecular flexibility index (Phi) is 3.93. The second-order valence-corrected chi connectivity index (χ2v) is 7.51. The highest BCUT2D eigenvalue weighted by Crippen LogP contribution is 2.22. The Morgan fingerprint density at radius 2 is 2.11 bits per heavy atom. The standard InChI is InChI=1S/C11H21N3O3S/c1-13-3-4-14(10(6-12)7-13)11(15)9-2-5-18(16,17)8-9/h9-10H,2-8,12H2,1H3. The van der Waals surface area contributed by atoms with Gasteiger partial charge in [0.15, 0.2) is 9.84 Å². The van der Waals surface area contributed by atoms with Gasteiger partial charge in [-0.2, -0.15) is 0 Å². The van der Waals surface area contributed by atoms with E-state index in [0.29, 0.717) is 19.5 Å². The molecule has 6 nitrogen and oxygen atoms in total. The molecule has 0 aromatic heterocycles. The van der Waals surface area contributed by atoms with Gasteiger partial charge < -0.3 is 15.5 Å². The van der Waals surface area contributed by atoms with E-state index in [1.54, 1.807) is 4.90 Å². The van der Waals surface area contributed by atoms with Crippen molar-refractivity contribution in [3.63, 3.8) is 0 Å². The summed E-state index contributed by atoms with van der Waals surface area (Å²) >= 11 is 0. The van der Waals surface area contributed by atoms with Gasteiger partial charge in [0.2, 0.25) is 5.91 Å². The van der Waals surface area contributed by atoms with Gasteiger partial charge in [-0.05, 0) is 13.5 Å². The van der Waals surface area contributed by atoms with Gasteiger partial charge in [-0.15, -0.1) is 0 Å². The molecule has 7 heteroatoms. The molecule has 2 atom stereocenters. The van der Waals surface area contributed by atoms with Crippen LogP contribution in [-0.4, -0.2) is 74.9 Å². The maximum absolute atomic E-state index is 12.4.